The second kappa shape index (κ2) is 5.26. The van der Waals surface area contributed by atoms with Crippen molar-refractivity contribution in [2.45, 2.75) is 0 Å². The summed E-state index contributed by atoms with van der Waals surface area (Å²) in [5.74, 6) is -0.295. The van der Waals surface area contributed by atoms with Gasteiger partial charge in [-0.15, -0.1) is 0 Å². The molecule has 100 valence electrons. The fraction of sp³-hybridized carbons (Fsp3) is 0. The predicted octanol–water partition coefficient (Wildman–Crippen LogP) is 4.50. The van der Waals surface area contributed by atoms with Crippen LogP contribution in [-0.2, 0) is 0 Å². The van der Waals surface area contributed by atoms with Crippen molar-refractivity contribution in [2.75, 3.05) is 5.32 Å². The largest absolute Gasteiger partial charge is 0.463 e. The molecule has 0 spiro atoms. The van der Waals surface area contributed by atoms with E-state index in [-0.39, 0.29) is 11.1 Å². The van der Waals surface area contributed by atoms with E-state index in [0.717, 1.165) is 9.86 Å². The number of amides is 1. The van der Waals surface area contributed by atoms with Crippen LogP contribution < -0.4 is 5.32 Å². The second-order valence-electron chi connectivity index (χ2n) is 4.09. The Hall–Kier alpha value is -1.85. The van der Waals surface area contributed by atoms with Gasteiger partial charge in [0.1, 0.15) is 11.8 Å². The van der Waals surface area contributed by atoms with E-state index in [2.05, 4.69) is 26.2 Å². The van der Waals surface area contributed by atoms with E-state index in [1.54, 1.807) is 18.3 Å². The number of aromatic nitrogens is 1. The average molecular weight is 352 g/mol. The van der Waals surface area contributed by atoms with Crippen LogP contribution in [0.4, 0.5) is 5.69 Å². The van der Waals surface area contributed by atoms with Crippen LogP contribution in [0.5, 0.6) is 0 Å². The molecular formula is C14H8BrClN2O2. The quantitative estimate of drug-likeness (QED) is 0.692. The van der Waals surface area contributed by atoms with Gasteiger partial charge in [-0.05, 0) is 28.1 Å². The van der Waals surface area contributed by atoms with Crippen molar-refractivity contribution in [2.24, 2.45) is 0 Å². The molecule has 0 radical (unpaired) electrons. The van der Waals surface area contributed by atoms with Crippen molar-refractivity contribution in [3.8, 4) is 0 Å². The fourth-order valence-electron chi connectivity index (χ4n) is 1.85. The summed E-state index contributed by atoms with van der Waals surface area (Å²) in [4.78, 5) is 16.2. The normalized spacial score (nSPS) is 10.7. The monoisotopic (exact) mass is 350 g/mol. The first-order valence-electron chi connectivity index (χ1n) is 5.74. The van der Waals surface area contributed by atoms with Gasteiger partial charge in [-0.25, -0.2) is 4.98 Å². The number of halogens is 2. The minimum Gasteiger partial charge on any atom is -0.463 e. The first kappa shape index (κ1) is 13.1. The Bertz CT molecular complexity index is 801. The van der Waals surface area contributed by atoms with Crippen LogP contribution in [-0.4, -0.2) is 10.9 Å². The summed E-state index contributed by atoms with van der Waals surface area (Å²) in [6.45, 7) is 0. The van der Waals surface area contributed by atoms with Crippen molar-refractivity contribution >= 4 is 50.1 Å². The molecule has 0 atom stereocenters. The lowest BCUT2D eigenvalue weighted by Crippen LogP contribution is -2.12. The molecule has 3 aromatic rings. The van der Waals surface area contributed by atoms with E-state index in [9.17, 15) is 4.79 Å². The number of rotatable bonds is 2. The molecule has 0 aliphatic rings. The number of furan rings is 1. The Morgan fingerprint density at radius 3 is 3.00 bits per heavy atom. The molecular weight excluding hydrogens is 344 g/mol. The number of carbonyl (C=O) groups excluding carboxylic acids is 1. The highest BCUT2D eigenvalue weighted by Gasteiger charge is 2.15. The minimum absolute atomic E-state index is 0.231. The Labute approximate surface area is 127 Å². The van der Waals surface area contributed by atoms with Gasteiger partial charge in [0, 0.05) is 16.1 Å². The first-order chi connectivity index (χ1) is 9.65. The smallest absolute Gasteiger partial charge is 0.259 e. The molecule has 0 saturated carbocycles. The zero-order chi connectivity index (χ0) is 14.1. The summed E-state index contributed by atoms with van der Waals surface area (Å²) in [6, 6.07) is 9.02. The molecule has 0 bridgehead atoms. The Morgan fingerprint density at radius 2 is 2.15 bits per heavy atom. The topological polar surface area (TPSA) is 55.1 Å². The highest BCUT2D eigenvalue weighted by Crippen LogP contribution is 2.26. The van der Waals surface area contributed by atoms with Gasteiger partial charge in [0.25, 0.3) is 5.91 Å². The number of nitrogens with one attached hydrogen (secondary N) is 1. The molecule has 2 aromatic heterocycles. The third kappa shape index (κ3) is 2.42. The zero-order valence-electron chi connectivity index (χ0n) is 10.1. The minimum atomic E-state index is -0.295. The van der Waals surface area contributed by atoms with Crippen LogP contribution in [0.15, 0.2) is 51.7 Å². The maximum Gasteiger partial charge on any atom is 0.259 e. The Morgan fingerprint density at radius 1 is 1.35 bits per heavy atom. The lowest BCUT2D eigenvalue weighted by molar-refractivity contribution is 0.102. The maximum atomic E-state index is 12.3. The van der Waals surface area contributed by atoms with Gasteiger partial charge >= 0.3 is 0 Å². The molecule has 4 nitrogen and oxygen atoms in total. The molecule has 1 N–H and O–H groups in total. The van der Waals surface area contributed by atoms with Gasteiger partial charge in [0.2, 0.25) is 0 Å². The van der Waals surface area contributed by atoms with Crippen LogP contribution in [0, 0.1) is 0 Å². The Kier molecular flexibility index (Phi) is 3.46. The van der Waals surface area contributed by atoms with Gasteiger partial charge in [-0.2, -0.15) is 0 Å². The van der Waals surface area contributed by atoms with Gasteiger partial charge in [0.15, 0.2) is 5.15 Å². The maximum absolute atomic E-state index is 12.3. The Balaban J connectivity index is 1.95. The SMILES string of the molecule is O=C(Nc1cc(Br)cnc1Cl)c1coc2ccccc12. The number of hydrogen-bond acceptors (Lipinski definition) is 3. The number of para-hydroxylation sites is 1. The van der Waals surface area contributed by atoms with Crippen LogP contribution in [0.25, 0.3) is 11.0 Å². The molecule has 1 amide bonds. The van der Waals surface area contributed by atoms with Crippen molar-refractivity contribution < 1.29 is 9.21 Å². The standard InChI is InChI=1S/C14H8BrClN2O2/c15-8-5-11(13(16)17-6-8)18-14(19)10-7-20-12-4-2-1-3-9(10)12/h1-7H,(H,18,19). The van der Waals surface area contributed by atoms with Crippen molar-refractivity contribution in [1.82, 2.24) is 4.98 Å². The van der Waals surface area contributed by atoms with E-state index in [1.165, 1.54) is 6.26 Å². The van der Waals surface area contributed by atoms with E-state index in [0.29, 0.717) is 16.8 Å². The number of pyridine rings is 1. The fourth-order valence-corrected chi connectivity index (χ4v) is 2.34. The lowest BCUT2D eigenvalue weighted by atomic mass is 10.1. The lowest BCUT2D eigenvalue weighted by Gasteiger charge is -2.05. The number of nitrogens with zero attached hydrogens (tertiary/aromatic N) is 1. The molecule has 1 aromatic carbocycles. The summed E-state index contributed by atoms with van der Waals surface area (Å²) in [6.07, 6.45) is 2.99. The first-order valence-corrected chi connectivity index (χ1v) is 6.91. The number of hydrogen-bond donors (Lipinski definition) is 1. The molecule has 20 heavy (non-hydrogen) atoms. The molecule has 0 aliphatic carbocycles. The van der Waals surface area contributed by atoms with Gasteiger partial charge in [-0.1, -0.05) is 29.8 Å². The molecule has 0 unspecified atom stereocenters. The highest BCUT2D eigenvalue weighted by atomic mass is 79.9. The summed E-state index contributed by atoms with van der Waals surface area (Å²) in [7, 11) is 0. The van der Waals surface area contributed by atoms with E-state index in [4.69, 9.17) is 16.0 Å². The third-order valence-electron chi connectivity index (χ3n) is 2.78. The van der Waals surface area contributed by atoms with Crippen LogP contribution in [0.2, 0.25) is 5.15 Å². The average Bonchev–Trinajstić information content (AvgIpc) is 2.87. The summed E-state index contributed by atoms with van der Waals surface area (Å²) in [5.41, 5.74) is 1.56. The molecule has 0 saturated heterocycles. The third-order valence-corrected chi connectivity index (χ3v) is 3.51. The van der Waals surface area contributed by atoms with Crippen molar-refractivity contribution in [1.29, 1.82) is 0 Å². The zero-order valence-corrected chi connectivity index (χ0v) is 12.4. The number of fused-ring (bicyclic) bond motifs is 1. The van der Waals surface area contributed by atoms with E-state index >= 15 is 0 Å². The summed E-state index contributed by atoms with van der Waals surface area (Å²) in [5, 5.41) is 3.71. The summed E-state index contributed by atoms with van der Waals surface area (Å²) < 4.78 is 6.07. The molecule has 2 heterocycles. The van der Waals surface area contributed by atoms with Crippen molar-refractivity contribution in [3.63, 3.8) is 0 Å². The van der Waals surface area contributed by atoms with Gasteiger partial charge < -0.3 is 9.73 Å². The molecule has 0 aliphatic heterocycles. The van der Waals surface area contributed by atoms with E-state index in [1.807, 2.05) is 18.2 Å². The molecule has 3 rings (SSSR count). The number of benzene rings is 1. The molecule has 6 heteroatoms. The van der Waals surface area contributed by atoms with Crippen LogP contribution >= 0.6 is 27.5 Å². The summed E-state index contributed by atoms with van der Waals surface area (Å²) >= 11 is 9.23. The second-order valence-corrected chi connectivity index (χ2v) is 5.37. The predicted molar refractivity (Wildman–Crippen MR) is 81.1 cm³/mol. The van der Waals surface area contributed by atoms with Crippen molar-refractivity contribution in [3.05, 3.63) is 58.0 Å². The van der Waals surface area contributed by atoms with Gasteiger partial charge in [-0.3, -0.25) is 4.79 Å². The highest BCUT2D eigenvalue weighted by molar-refractivity contribution is 9.10. The van der Waals surface area contributed by atoms with Gasteiger partial charge in [0.05, 0.1) is 11.3 Å². The van der Waals surface area contributed by atoms with Crippen LogP contribution in [0.1, 0.15) is 10.4 Å². The number of anilines is 1. The number of carbonyl (C=O) groups is 1. The van der Waals surface area contributed by atoms with Crippen LogP contribution in [0.3, 0.4) is 0 Å². The molecule has 0 fully saturated rings. The van der Waals surface area contributed by atoms with E-state index < -0.39 is 0 Å².